The van der Waals surface area contributed by atoms with Gasteiger partial charge >= 0.3 is 35.2 Å². The first kappa shape index (κ1) is 22.4. The molecule has 3 aromatic rings. The normalized spacial score (nSPS) is 11.3. The second-order valence-electron chi connectivity index (χ2n) is 6.84. The van der Waals surface area contributed by atoms with Gasteiger partial charge in [-0.3, -0.25) is 23.3 Å². The third-order valence-electron chi connectivity index (χ3n) is 4.95. The fourth-order valence-corrected chi connectivity index (χ4v) is 3.44. The maximum atomic E-state index is 13.1. The predicted molar refractivity (Wildman–Crippen MR) is 104 cm³/mol. The molecule has 0 saturated carbocycles. The molecule has 28 heavy (non-hydrogen) atoms. The fraction of sp³-hybridized carbons (Fsp3) is 0.556. The third kappa shape index (κ3) is 3.35. The minimum absolute atomic E-state index is 0. The number of hydrogen-bond acceptors (Lipinski definition) is 5. The van der Waals surface area contributed by atoms with E-state index in [1.807, 2.05) is 6.92 Å². The van der Waals surface area contributed by atoms with Gasteiger partial charge in [-0.2, -0.15) is 4.98 Å². The molecule has 0 radical (unpaired) electrons. The number of unbranched alkanes of at least 4 members (excludes halogenated alkanes) is 2. The number of fused-ring (bicyclic) bond motifs is 3. The van der Waals surface area contributed by atoms with Crippen LogP contribution in [0.15, 0.2) is 14.4 Å². The average molecular weight is 399 g/mol. The van der Waals surface area contributed by atoms with Gasteiger partial charge in [0.1, 0.15) is 0 Å². The van der Waals surface area contributed by atoms with Crippen molar-refractivity contribution >= 4 is 16.9 Å². The van der Waals surface area contributed by atoms with E-state index in [-0.39, 0.29) is 59.4 Å². The summed E-state index contributed by atoms with van der Waals surface area (Å²) in [5, 5.41) is 10.7. The van der Waals surface area contributed by atoms with E-state index < -0.39 is 16.8 Å². The Hall–Kier alpha value is -1.84. The molecule has 0 unspecified atom stereocenters. The third-order valence-corrected chi connectivity index (χ3v) is 4.95. The largest absolute Gasteiger partial charge is 1.00 e. The standard InChI is InChI=1S/C18H25N5O4.Na.H/c1-5-7-8-10-22-14(24)11(9-6-2)15(25)23-12-13(19-17(22)23)20(3)18(27)21(4)16(12)26;;/h24H,5-10H2,1-4H3;;/q;+1;-1. The van der Waals surface area contributed by atoms with Crippen LogP contribution in [0, 0.1) is 0 Å². The Morgan fingerprint density at radius 2 is 1.68 bits per heavy atom. The maximum Gasteiger partial charge on any atom is 1.00 e. The van der Waals surface area contributed by atoms with E-state index in [0.29, 0.717) is 19.4 Å². The molecule has 0 aliphatic heterocycles. The van der Waals surface area contributed by atoms with Gasteiger partial charge in [0.2, 0.25) is 11.7 Å². The molecule has 3 aromatic heterocycles. The van der Waals surface area contributed by atoms with E-state index in [0.717, 1.165) is 23.8 Å². The van der Waals surface area contributed by atoms with Crippen molar-refractivity contribution in [2.45, 2.75) is 52.5 Å². The van der Waals surface area contributed by atoms with E-state index in [9.17, 15) is 19.5 Å². The fourth-order valence-electron chi connectivity index (χ4n) is 3.44. The molecule has 0 aliphatic carbocycles. The molecule has 1 N–H and O–H groups in total. The first-order chi connectivity index (χ1) is 12.8. The molecule has 0 spiro atoms. The predicted octanol–water partition coefficient (Wildman–Crippen LogP) is -1.99. The van der Waals surface area contributed by atoms with Crippen LogP contribution in [-0.2, 0) is 27.1 Å². The molecule has 0 amide bonds. The number of aromatic hydroxyl groups is 1. The zero-order valence-corrected chi connectivity index (χ0v) is 19.2. The van der Waals surface area contributed by atoms with Crippen LogP contribution in [0.3, 0.4) is 0 Å². The monoisotopic (exact) mass is 399 g/mol. The molecule has 10 heteroatoms. The molecule has 0 fully saturated rings. The van der Waals surface area contributed by atoms with Crippen LogP contribution < -0.4 is 46.4 Å². The van der Waals surface area contributed by atoms with Crippen molar-refractivity contribution in [1.82, 2.24) is 23.1 Å². The van der Waals surface area contributed by atoms with Crippen LogP contribution in [0.1, 0.15) is 46.5 Å². The Morgan fingerprint density at radius 1 is 1.00 bits per heavy atom. The first-order valence-corrected chi connectivity index (χ1v) is 9.27. The zero-order chi connectivity index (χ0) is 19.9. The van der Waals surface area contributed by atoms with Crippen LogP contribution in [0.2, 0.25) is 0 Å². The van der Waals surface area contributed by atoms with Crippen molar-refractivity contribution in [2.24, 2.45) is 14.1 Å². The summed E-state index contributed by atoms with van der Waals surface area (Å²) in [5.41, 5.74) is -1.10. The topological polar surface area (TPSA) is 104 Å². The molecule has 0 atom stereocenters. The average Bonchev–Trinajstić information content (AvgIpc) is 3.05. The van der Waals surface area contributed by atoms with Gasteiger partial charge in [-0.1, -0.05) is 33.1 Å². The van der Waals surface area contributed by atoms with Crippen molar-refractivity contribution < 1.29 is 36.1 Å². The van der Waals surface area contributed by atoms with Gasteiger partial charge < -0.3 is 6.53 Å². The van der Waals surface area contributed by atoms with Crippen LogP contribution in [0.4, 0.5) is 0 Å². The molecule has 148 valence electrons. The first-order valence-electron chi connectivity index (χ1n) is 9.27. The summed E-state index contributed by atoms with van der Waals surface area (Å²) in [6, 6.07) is 0. The quantitative estimate of drug-likeness (QED) is 0.382. The van der Waals surface area contributed by atoms with Crippen LogP contribution in [0.25, 0.3) is 16.9 Å². The van der Waals surface area contributed by atoms with Crippen molar-refractivity contribution in [2.75, 3.05) is 0 Å². The molecule has 3 rings (SSSR count). The van der Waals surface area contributed by atoms with Gasteiger partial charge in [0, 0.05) is 20.6 Å². The van der Waals surface area contributed by atoms with Crippen molar-refractivity contribution in [3.8, 4) is 5.88 Å². The summed E-state index contributed by atoms with van der Waals surface area (Å²) in [7, 11) is 2.88. The minimum Gasteiger partial charge on any atom is -1.00 e. The van der Waals surface area contributed by atoms with Gasteiger partial charge in [0.05, 0.1) is 5.56 Å². The van der Waals surface area contributed by atoms with Crippen LogP contribution >= 0.6 is 0 Å². The second kappa shape index (κ2) is 8.67. The summed E-state index contributed by atoms with van der Waals surface area (Å²) >= 11 is 0. The van der Waals surface area contributed by atoms with E-state index in [1.165, 1.54) is 23.1 Å². The summed E-state index contributed by atoms with van der Waals surface area (Å²) in [4.78, 5) is 42.4. The Kier molecular flexibility index (Phi) is 6.95. The van der Waals surface area contributed by atoms with E-state index >= 15 is 0 Å². The van der Waals surface area contributed by atoms with Gasteiger partial charge in [-0.05, 0) is 12.8 Å². The summed E-state index contributed by atoms with van der Waals surface area (Å²) < 4.78 is 5.03. The van der Waals surface area contributed by atoms with Gasteiger partial charge in [-0.25, -0.2) is 9.20 Å². The SMILES string of the molecule is CCCCCn1c(O)c(CCC)c(=O)n2c3c(=O)n(C)c(=O)n(C)c3nc12.[H-].[Na+]. The summed E-state index contributed by atoms with van der Waals surface area (Å²) in [6.45, 7) is 4.46. The van der Waals surface area contributed by atoms with Gasteiger partial charge in [-0.15, -0.1) is 0 Å². The Bertz CT molecular complexity index is 1210. The number of imidazole rings is 1. The smallest absolute Gasteiger partial charge is 1.00 e. The zero-order valence-electron chi connectivity index (χ0n) is 18.2. The summed E-state index contributed by atoms with van der Waals surface area (Å²) in [5.74, 6) is 0.0735. The van der Waals surface area contributed by atoms with E-state index in [2.05, 4.69) is 11.9 Å². The Balaban J connectivity index is 0.00000210. The van der Waals surface area contributed by atoms with Gasteiger partial charge in [0.15, 0.2) is 11.2 Å². The van der Waals surface area contributed by atoms with Gasteiger partial charge in [0.25, 0.3) is 11.1 Å². The minimum atomic E-state index is -0.578. The van der Waals surface area contributed by atoms with Crippen molar-refractivity contribution in [3.63, 3.8) is 0 Å². The van der Waals surface area contributed by atoms with Crippen molar-refractivity contribution in [3.05, 3.63) is 36.8 Å². The molecule has 0 aliphatic rings. The summed E-state index contributed by atoms with van der Waals surface area (Å²) in [6.07, 6.45) is 3.83. The molecular weight excluding hydrogens is 373 g/mol. The number of aryl methyl sites for hydroxylation is 2. The molecule has 0 saturated heterocycles. The molecule has 0 bridgehead atoms. The number of nitrogens with zero attached hydrogens (tertiary/aromatic N) is 5. The van der Waals surface area contributed by atoms with E-state index in [4.69, 9.17) is 0 Å². The number of aromatic nitrogens is 5. The van der Waals surface area contributed by atoms with Crippen LogP contribution in [0.5, 0.6) is 5.88 Å². The molecule has 9 nitrogen and oxygen atoms in total. The molecular formula is C18H26N5NaO4. The van der Waals surface area contributed by atoms with Crippen LogP contribution in [-0.4, -0.2) is 28.2 Å². The second-order valence-corrected chi connectivity index (χ2v) is 6.84. The maximum absolute atomic E-state index is 13.1. The van der Waals surface area contributed by atoms with E-state index in [1.54, 1.807) is 4.57 Å². The van der Waals surface area contributed by atoms with Crippen molar-refractivity contribution in [1.29, 1.82) is 0 Å². The Labute approximate surface area is 185 Å². The number of hydrogen-bond donors (Lipinski definition) is 1. The molecule has 0 aromatic carbocycles. The Morgan fingerprint density at radius 3 is 2.29 bits per heavy atom. The number of rotatable bonds is 6. The molecule has 3 heterocycles.